The molecule has 21 heavy (non-hydrogen) atoms. The minimum Gasteiger partial charge on any atom is -0.392 e. The molecule has 0 aromatic heterocycles. The second-order valence-corrected chi connectivity index (χ2v) is 5.79. The Morgan fingerprint density at radius 3 is 2.71 bits per heavy atom. The standard InChI is InChI=1S/C16H16ClNO2S/c1-21-13-5-6-15(17)14(8-13)16(20)18-9-11-3-2-4-12(7-11)10-19/h2-8,19H,9-10H2,1H3,(H,18,20). The fraction of sp³-hybridized carbons (Fsp3) is 0.188. The predicted octanol–water partition coefficient (Wildman–Crippen LogP) is 3.48. The first-order chi connectivity index (χ1) is 10.1. The van der Waals surface area contributed by atoms with Crippen LogP contribution >= 0.6 is 23.4 Å². The Balaban J connectivity index is 2.07. The minimum atomic E-state index is -0.203. The van der Waals surface area contributed by atoms with Gasteiger partial charge >= 0.3 is 0 Å². The maximum absolute atomic E-state index is 12.2. The zero-order valence-electron chi connectivity index (χ0n) is 11.6. The quantitative estimate of drug-likeness (QED) is 0.829. The predicted molar refractivity (Wildman–Crippen MR) is 86.8 cm³/mol. The summed E-state index contributed by atoms with van der Waals surface area (Å²) in [4.78, 5) is 13.2. The topological polar surface area (TPSA) is 49.3 Å². The molecule has 0 aliphatic heterocycles. The van der Waals surface area contributed by atoms with Crippen molar-refractivity contribution >= 4 is 29.3 Å². The highest BCUT2D eigenvalue weighted by molar-refractivity contribution is 7.98. The molecular weight excluding hydrogens is 306 g/mol. The van der Waals surface area contributed by atoms with Crippen LogP contribution in [0.25, 0.3) is 0 Å². The molecule has 0 saturated heterocycles. The Hall–Kier alpha value is -1.49. The van der Waals surface area contributed by atoms with Crippen LogP contribution in [0.15, 0.2) is 47.4 Å². The van der Waals surface area contributed by atoms with E-state index in [1.807, 2.05) is 36.6 Å². The number of benzene rings is 2. The number of halogens is 1. The van der Waals surface area contributed by atoms with E-state index >= 15 is 0 Å². The molecule has 0 saturated carbocycles. The van der Waals surface area contributed by atoms with E-state index in [0.29, 0.717) is 17.1 Å². The molecule has 0 unspecified atom stereocenters. The summed E-state index contributed by atoms with van der Waals surface area (Å²) < 4.78 is 0. The molecule has 0 bridgehead atoms. The van der Waals surface area contributed by atoms with E-state index < -0.39 is 0 Å². The first-order valence-electron chi connectivity index (χ1n) is 6.44. The summed E-state index contributed by atoms with van der Waals surface area (Å²) in [5, 5.41) is 12.4. The summed E-state index contributed by atoms with van der Waals surface area (Å²) in [7, 11) is 0. The van der Waals surface area contributed by atoms with Gasteiger partial charge in [-0.3, -0.25) is 4.79 Å². The average molecular weight is 322 g/mol. The SMILES string of the molecule is CSc1ccc(Cl)c(C(=O)NCc2cccc(CO)c2)c1. The van der Waals surface area contributed by atoms with Crippen molar-refractivity contribution in [2.24, 2.45) is 0 Å². The van der Waals surface area contributed by atoms with Gasteiger partial charge < -0.3 is 10.4 Å². The number of thioether (sulfide) groups is 1. The number of hydrogen-bond donors (Lipinski definition) is 2. The number of rotatable bonds is 5. The van der Waals surface area contributed by atoms with Gasteiger partial charge in [-0.1, -0.05) is 35.9 Å². The summed E-state index contributed by atoms with van der Waals surface area (Å²) >= 11 is 7.64. The lowest BCUT2D eigenvalue weighted by Gasteiger charge is -2.09. The largest absolute Gasteiger partial charge is 0.392 e. The lowest BCUT2D eigenvalue weighted by Crippen LogP contribution is -2.23. The fourth-order valence-electron chi connectivity index (χ4n) is 1.92. The number of hydrogen-bond acceptors (Lipinski definition) is 3. The number of nitrogens with one attached hydrogen (secondary N) is 1. The van der Waals surface area contributed by atoms with Crippen molar-refractivity contribution in [1.29, 1.82) is 0 Å². The molecule has 2 N–H and O–H groups in total. The highest BCUT2D eigenvalue weighted by Gasteiger charge is 2.11. The van der Waals surface area contributed by atoms with E-state index in [2.05, 4.69) is 5.32 Å². The third-order valence-corrected chi connectivity index (χ3v) is 4.10. The molecule has 2 rings (SSSR count). The van der Waals surface area contributed by atoms with Crippen molar-refractivity contribution in [2.45, 2.75) is 18.0 Å². The first kappa shape index (κ1) is 15.9. The monoisotopic (exact) mass is 321 g/mol. The second-order valence-electron chi connectivity index (χ2n) is 4.51. The van der Waals surface area contributed by atoms with Crippen LogP contribution in [-0.4, -0.2) is 17.3 Å². The molecule has 0 fully saturated rings. The van der Waals surface area contributed by atoms with Gasteiger partial charge in [-0.15, -0.1) is 11.8 Å². The van der Waals surface area contributed by atoms with E-state index in [4.69, 9.17) is 16.7 Å². The van der Waals surface area contributed by atoms with Crippen LogP contribution < -0.4 is 5.32 Å². The Morgan fingerprint density at radius 1 is 1.24 bits per heavy atom. The third kappa shape index (κ3) is 4.24. The maximum atomic E-state index is 12.2. The third-order valence-electron chi connectivity index (χ3n) is 3.05. The summed E-state index contributed by atoms with van der Waals surface area (Å²) in [6.07, 6.45) is 1.95. The van der Waals surface area contributed by atoms with Gasteiger partial charge in [0, 0.05) is 11.4 Å². The van der Waals surface area contributed by atoms with Gasteiger partial charge in [-0.2, -0.15) is 0 Å². The lowest BCUT2D eigenvalue weighted by molar-refractivity contribution is 0.0951. The summed E-state index contributed by atoms with van der Waals surface area (Å²) in [5.41, 5.74) is 2.23. The number of aliphatic hydroxyl groups excluding tert-OH is 1. The Bertz CT molecular complexity index is 646. The molecule has 0 aliphatic rings. The van der Waals surface area contributed by atoms with Gasteiger partial charge in [0.2, 0.25) is 0 Å². The normalized spacial score (nSPS) is 10.4. The van der Waals surface area contributed by atoms with E-state index in [-0.39, 0.29) is 12.5 Å². The van der Waals surface area contributed by atoms with Gasteiger partial charge in [0.1, 0.15) is 0 Å². The molecule has 0 aliphatic carbocycles. The molecule has 3 nitrogen and oxygen atoms in total. The van der Waals surface area contributed by atoms with Crippen LogP contribution in [0, 0.1) is 0 Å². The summed E-state index contributed by atoms with van der Waals surface area (Å²) in [5.74, 6) is -0.203. The zero-order valence-corrected chi connectivity index (χ0v) is 13.2. The summed E-state index contributed by atoms with van der Waals surface area (Å²) in [6, 6.07) is 12.9. The minimum absolute atomic E-state index is 0.0105. The van der Waals surface area contributed by atoms with Crippen molar-refractivity contribution in [2.75, 3.05) is 6.26 Å². The van der Waals surface area contributed by atoms with Crippen LogP contribution in [0.4, 0.5) is 0 Å². The Kier molecular flexibility index (Phi) is 5.67. The van der Waals surface area contributed by atoms with E-state index in [0.717, 1.165) is 16.0 Å². The summed E-state index contributed by atoms with van der Waals surface area (Å²) in [6.45, 7) is 0.385. The van der Waals surface area contributed by atoms with E-state index in [9.17, 15) is 4.79 Å². The van der Waals surface area contributed by atoms with Gasteiger partial charge in [-0.05, 0) is 35.6 Å². The smallest absolute Gasteiger partial charge is 0.253 e. The highest BCUT2D eigenvalue weighted by atomic mass is 35.5. The van der Waals surface area contributed by atoms with Crippen molar-refractivity contribution in [3.63, 3.8) is 0 Å². The molecule has 0 spiro atoms. The number of carbonyl (C=O) groups is 1. The molecule has 110 valence electrons. The Morgan fingerprint density at radius 2 is 2.00 bits per heavy atom. The van der Waals surface area contributed by atoms with Crippen molar-refractivity contribution in [3.05, 3.63) is 64.2 Å². The van der Waals surface area contributed by atoms with Crippen molar-refractivity contribution in [1.82, 2.24) is 5.32 Å². The molecule has 0 atom stereocenters. The second kappa shape index (κ2) is 7.50. The fourth-order valence-corrected chi connectivity index (χ4v) is 2.56. The number of carbonyl (C=O) groups excluding carboxylic acids is 1. The average Bonchev–Trinajstić information content (AvgIpc) is 2.53. The molecule has 0 radical (unpaired) electrons. The number of aliphatic hydroxyl groups is 1. The van der Waals surface area contributed by atoms with Crippen LogP contribution in [-0.2, 0) is 13.2 Å². The van der Waals surface area contributed by atoms with Crippen LogP contribution in [0.3, 0.4) is 0 Å². The number of amides is 1. The molecule has 5 heteroatoms. The van der Waals surface area contributed by atoms with E-state index in [1.54, 1.807) is 23.9 Å². The van der Waals surface area contributed by atoms with Gasteiger partial charge in [0.05, 0.1) is 17.2 Å². The Labute approximate surface area is 133 Å². The lowest BCUT2D eigenvalue weighted by atomic mass is 10.1. The maximum Gasteiger partial charge on any atom is 0.253 e. The molecule has 1 amide bonds. The molecule has 0 heterocycles. The molecule has 2 aromatic rings. The molecular formula is C16H16ClNO2S. The first-order valence-corrected chi connectivity index (χ1v) is 8.04. The van der Waals surface area contributed by atoms with Crippen molar-refractivity contribution < 1.29 is 9.90 Å². The van der Waals surface area contributed by atoms with Gasteiger partial charge in [-0.25, -0.2) is 0 Å². The zero-order chi connectivity index (χ0) is 15.2. The van der Waals surface area contributed by atoms with Gasteiger partial charge in [0.15, 0.2) is 0 Å². The van der Waals surface area contributed by atoms with E-state index in [1.165, 1.54) is 0 Å². The van der Waals surface area contributed by atoms with Crippen LogP contribution in [0.2, 0.25) is 5.02 Å². The van der Waals surface area contributed by atoms with Crippen LogP contribution in [0.1, 0.15) is 21.5 Å². The van der Waals surface area contributed by atoms with Gasteiger partial charge in [0.25, 0.3) is 5.91 Å². The van der Waals surface area contributed by atoms with Crippen LogP contribution in [0.5, 0.6) is 0 Å². The molecule has 2 aromatic carbocycles. The van der Waals surface area contributed by atoms with Crippen molar-refractivity contribution in [3.8, 4) is 0 Å². The highest BCUT2D eigenvalue weighted by Crippen LogP contribution is 2.23.